The van der Waals surface area contributed by atoms with E-state index in [1.54, 1.807) is 23.1 Å². The minimum Gasteiger partial charge on any atom is -0.505 e. The predicted molar refractivity (Wildman–Crippen MR) is 76.1 cm³/mol. The first-order chi connectivity index (χ1) is 9.11. The van der Waals surface area contributed by atoms with Crippen LogP contribution in [-0.4, -0.2) is 29.0 Å². The maximum atomic E-state index is 12.4. The molecule has 1 fully saturated rings. The van der Waals surface area contributed by atoms with Gasteiger partial charge in [-0.05, 0) is 25.0 Å². The van der Waals surface area contributed by atoms with Crippen LogP contribution in [0.1, 0.15) is 48.9 Å². The third-order valence-electron chi connectivity index (χ3n) is 3.99. The highest BCUT2D eigenvalue weighted by Crippen LogP contribution is 2.28. The summed E-state index contributed by atoms with van der Waals surface area (Å²) < 4.78 is 0. The van der Waals surface area contributed by atoms with Gasteiger partial charge in [0, 0.05) is 13.1 Å². The van der Waals surface area contributed by atoms with E-state index in [0.717, 1.165) is 12.8 Å². The number of nitrogen functional groups attached to an aromatic ring is 1. The maximum Gasteiger partial charge on any atom is 0.257 e. The Kier molecular flexibility index (Phi) is 4.30. The molecule has 0 heterocycles. The number of carbonyl (C=O) groups excluding carboxylic acids is 1. The Bertz CT molecular complexity index is 451. The summed E-state index contributed by atoms with van der Waals surface area (Å²) in [6.07, 6.45) is 6.94. The molecule has 4 heteroatoms. The molecule has 1 aliphatic rings. The van der Waals surface area contributed by atoms with E-state index in [4.69, 9.17) is 5.73 Å². The molecule has 3 N–H and O–H groups in total. The number of anilines is 1. The molecule has 4 nitrogen and oxygen atoms in total. The van der Waals surface area contributed by atoms with Crippen molar-refractivity contribution in [2.45, 2.75) is 44.6 Å². The summed E-state index contributed by atoms with van der Waals surface area (Å²) in [7, 11) is 1.82. The number of amides is 1. The van der Waals surface area contributed by atoms with Gasteiger partial charge >= 0.3 is 0 Å². The number of hydrogen-bond acceptors (Lipinski definition) is 3. The lowest BCUT2D eigenvalue weighted by Gasteiger charge is -2.27. The lowest BCUT2D eigenvalue weighted by molar-refractivity contribution is 0.0715. The highest BCUT2D eigenvalue weighted by molar-refractivity contribution is 5.98. The second kappa shape index (κ2) is 5.95. The first-order valence-corrected chi connectivity index (χ1v) is 6.96. The van der Waals surface area contributed by atoms with E-state index in [2.05, 4.69) is 0 Å². The minimum absolute atomic E-state index is 0.104. The molecule has 1 aliphatic carbocycles. The van der Waals surface area contributed by atoms with E-state index in [1.807, 2.05) is 7.05 Å². The van der Waals surface area contributed by atoms with Gasteiger partial charge in [0.15, 0.2) is 5.75 Å². The lowest BCUT2D eigenvalue weighted by atomic mass is 10.1. The summed E-state index contributed by atoms with van der Waals surface area (Å²) in [5.74, 6) is -0.246. The zero-order chi connectivity index (χ0) is 13.8. The van der Waals surface area contributed by atoms with Crippen molar-refractivity contribution in [2.24, 2.45) is 0 Å². The molecule has 104 valence electrons. The zero-order valence-electron chi connectivity index (χ0n) is 11.4. The molecule has 1 amide bonds. The number of nitrogens with zero attached hydrogens (tertiary/aromatic N) is 1. The SMILES string of the molecule is CN(C(=O)c1cccc(N)c1O)C1CCCCCC1. The first-order valence-electron chi connectivity index (χ1n) is 6.96. The van der Waals surface area contributed by atoms with E-state index < -0.39 is 0 Å². The van der Waals surface area contributed by atoms with E-state index in [9.17, 15) is 9.90 Å². The summed E-state index contributed by atoms with van der Waals surface area (Å²) >= 11 is 0. The number of para-hydroxylation sites is 1. The first kappa shape index (κ1) is 13.7. The third kappa shape index (κ3) is 3.00. The van der Waals surface area contributed by atoms with Crippen molar-refractivity contribution in [3.63, 3.8) is 0 Å². The van der Waals surface area contributed by atoms with Crippen LogP contribution in [0.15, 0.2) is 18.2 Å². The van der Waals surface area contributed by atoms with Crippen LogP contribution in [0.25, 0.3) is 0 Å². The van der Waals surface area contributed by atoms with Crippen LogP contribution in [0.3, 0.4) is 0 Å². The lowest BCUT2D eigenvalue weighted by Crippen LogP contribution is -2.36. The molecule has 19 heavy (non-hydrogen) atoms. The van der Waals surface area contributed by atoms with Crippen molar-refractivity contribution in [2.75, 3.05) is 12.8 Å². The second-order valence-corrected chi connectivity index (χ2v) is 5.30. The molecular weight excluding hydrogens is 240 g/mol. The number of hydrogen-bond donors (Lipinski definition) is 2. The fraction of sp³-hybridized carbons (Fsp3) is 0.533. The summed E-state index contributed by atoms with van der Waals surface area (Å²) in [5, 5.41) is 9.90. The Labute approximate surface area is 114 Å². The maximum absolute atomic E-state index is 12.4. The molecule has 0 spiro atoms. The normalized spacial score (nSPS) is 16.9. The van der Waals surface area contributed by atoms with Crippen LogP contribution in [0.5, 0.6) is 5.75 Å². The predicted octanol–water partition coefficient (Wildman–Crippen LogP) is 2.77. The minimum atomic E-state index is -0.142. The molecule has 0 unspecified atom stereocenters. The van der Waals surface area contributed by atoms with Gasteiger partial charge in [-0.2, -0.15) is 0 Å². The Balaban J connectivity index is 2.15. The van der Waals surface area contributed by atoms with E-state index in [0.29, 0.717) is 5.56 Å². The van der Waals surface area contributed by atoms with Crippen molar-refractivity contribution in [1.82, 2.24) is 4.90 Å². The number of rotatable bonds is 2. The summed E-state index contributed by atoms with van der Waals surface area (Å²) in [4.78, 5) is 14.2. The topological polar surface area (TPSA) is 66.6 Å². The fourth-order valence-corrected chi connectivity index (χ4v) is 2.73. The Morgan fingerprint density at radius 2 is 1.89 bits per heavy atom. The fourth-order valence-electron chi connectivity index (χ4n) is 2.73. The molecule has 2 rings (SSSR count). The van der Waals surface area contributed by atoms with Crippen molar-refractivity contribution in [3.8, 4) is 5.75 Å². The molecule has 1 aromatic carbocycles. The molecule has 0 aliphatic heterocycles. The number of carbonyl (C=O) groups is 1. The summed E-state index contributed by atoms with van der Waals surface area (Å²) in [6, 6.07) is 5.19. The standard InChI is InChI=1S/C15H22N2O2/c1-17(11-7-4-2-3-5-8-11)15(19)12-9-6-10-13(16)14(12)18/h6,9-11,18H,2-5,7-8,16H2,1H3. The van der Waals surface area contributed by atoms with E-state index in [-0.39, 0.29) is 23.4 Å². The number of aromatic hydroxyl groups is 1. The van der Waals surface area contributed by atoms with E-state index >= 15 is 0 Å². The highest BCUT2D eigenvalue weighted by Gasteiger charge is 2.24. The molecule has 1 aromatic rings. The van der Waals surface area contributed by atoms with Crippen LogP contribution in [0.2, 0.25) is 0 Å². The molecule has 0 saturated heterocycles. The summed E-state index contributed by atoms with van der Waals surface area (Å²) in [5.41, 5.74) is 6.19. The van der Waals surface area contributed by atoms with Gasteiger partial charge in [-0.15, -0.1) is 0 Å². The zero-order valence-corrected chi connectivity index (χ0v) is 11.4. The second-order valence-electron chi connectivity index (χ2n) is 5.30. The highest BCUT2D eigenvalue weighted by atomic mass is 16.3. The van der Waals surface area contributed by atoms with Gasteiger partial charge in [-0.25, -0.2) is 0 Å². The van der Waals surface area contributed by atoms with Crippen molar-refractivity contribution >= 4 is 11.6 Å². The van der Waals surface area contributed by atoms with Gasteiger partial charge < -0.3 is 15.7 Å². The average Bonchev–Trinajstić information content (AvgIpc) is 2.69. The monoisotopic (exact) mass is 262 g/mol. The molecule has 1 saturated carbocycles. The van der Waals surface area contributed by atoms with Gasteiger partial charge in [0.1, 0.15) is 0 Å². The quantitative estimate of drug-likeness (QED) is 0.489. The van der Waals surface area contributed by atoms with Gasteiger partial charge in [-0.3, -0.25) is 4.79 Å². The number of benzene rings is 1. The molecular formula is C15H22N2O2. The Morgan fingerprint density at radius 1 is 1.26 bits per heavy atom. The van der Waals surface area contributed by atoms with Crippen LogP contribution < -0.4 is 5.73 Å². The van der Waals surface area contributed by atoms with Gasteiger partial charge in [0.05, 0.1) is 11.3 Å². The largest absolute Gasteiger partial charge is 0.505 e. The Morgan fingerprint density at radius 3 is 2.53 bits per heavy atom. The van der Waals surface area contributed by atoms with E-state index in [1.165, 1.54) is 25.7 Å². The van der Waals surface area contributed by atoms with Crippen LogP contribution >= 0.6 is 0 Å². The number of phenols is 1. The number of phenolic OH excluding ortho intramolecular Hbond substituents is 1. The van der Waals surface area contributed by atoms with Crippen molar-refractivity contribution < 1.29 is 9.90 Å². The van der Waals surface area contributed by atoms with Crippen molar-refractivity contribution in [3.05, 3.63) is 23.8 Å². The van der Waals surface area contributed by atoms with Crippen LogP contribution in [-0.2, 0) is 0 Å². The van der Waals surface area contributed by atoms with Gasteiger partial charge in [0.25, 0.3) is 5.91 Å². The molecule has 0 radical (unpaired) electrons. The summed E-state index contributed by atoms with van der Waals surface area (Å²) in [6.45, 7) is 0. The third-order valence-corrected chi connectivity index (χ3v) is 3.99. The molecule has 0 bridgehead atoms. The average molecular weight is 262 g/mol. The molecule has 0 atom stereocenters. The van der Waals surface area contributed by atoms with Gasteiger partial charge in [-0.1, -0.05) is 31.7 Å². The van der Waals surface area contributed by atoms with Crippen LogP contribution in [0, 0.1) is 0 Å². The smallest absolute Gasteiger partial charge is 0.257 e. The van der Waals surface area contributed by atoms with Gasteiger partial charge in [0.2, 0.25) is 0 Å². The van der Waals surface area contributed by atoms with Crippen LogP contribution in [0.4, 0.5) is 5.69 Å². The number of nitrogens with two attached hydrogens (primary N) is 1. The Hall–Kier alpha value is -1.71. The molecule has 0 aromatic heterocycles. The van der Waals surface area contributed by atoms with Crippen molar-refractivity contribution in [1.29, 1.82) is 0 Å².